The van der Waals surface area contributed by atoms with E-state index in [1.165, 1.54) is 11.8 Å². The van der Waals surface area contributed by atoms with Gasteiger partial charge in [-0.3, -0.25) is 4.79 Å². The molecule has 8 heteroatoms. The van der Waals surface area contributed by atoms with Gasteiger partial charge in [0, 0.05) is 17.3 Å². The number of hydrogen-bond acceptors (Lipinski definition) is 6. The molecule has 182 valence electrons. The van der Waals surface area contributed by atoms with Crippen molar-refractivity contribution in [3.8, 4) is 0 Å². The Kier molecular flexibility index (Phi) is 7.98. The van der Waals surface area contributed by atoms with Crippen molar-refractivity contribution in [1.82, 2.24) is 10.2 Å². The molecule has 1 amide bonds. The second kappa shape index (κ2) is 11.1. The van der Waals surface area contributed by atoms with Gasteiger partial charge in [-0.2, -0.15) is 0 Å². The third-order valence-corrected chi connectivity index (χ3v) is 6.77. The molecule has 1 atom stereocenters. The van der Waals surface area contributed by atoms with Crippen molar-refractivity contribution in [2.45, 2.75) is 39.8 Å². The average Bonchev–Trinajstić information content (AvgIpc) is 3.22. The van der Waals surface area contributed by atoms with E-state index in [0.717, 1.165) is 22.0 Å². The molecule has 6 nitrogen and oxygen atoms in total. The number of amides is 1. The summed E-state index contributed by atoms with van der Waals surface area (Å²) in [5, 5.41) is 6.18. The number of esters is 1. The van der Waals surface area contributed by atoms with E-state index in [4.69, 9.17) is 21.3 Å². The van der Waals surface area contributed by atoms with E-state index >= 15 is 0 Å². The first-order valence-electron chi connectivity index (χ1n) is 11.5. The molecular weight excluding hydrogens is 482 g/mol. The number of thioether (sulfide) groups is 1. The van der Waals surface area contributed by atoms with Crippen LogP contribution >= 0.6 is 23.4 Å². The van der Waals surface area contributed by atoms with Crippen LogP contribution in [0.25, 0.3) is 0 Å². The maximum atomic E-state index is 13.4. The molecule has 0 fully saturated rings. The Morgan fingerprint density at radius 3 is 2.66 bits per heavy atom. The molecule has 35 heavy (non-hydrogen) atoms. The molecule has 2 heterocycles. The highest BCUT2D eigenvalue weighted by atomic mass is 35.5. The zero-order valence-corrected chi connectivity index (χ0v) is 21.5. The van der Waals surface area contributed by atoms with Crippen molar-refractivity contribution in [3.05, 3.63) is 93.1 Å². The number of carbonyl (C=O) groups excluding carboxylic acids is 2. The van der Waals surface area contributed by atoms with Gasteiger partial charge in [0.2, 0.25) is 5.91 Å². The molecule has 0 saturated heterocycles. The first kappa shape index (κ1) is 25.1. The maximum Gasteiger partial charge on any atom is 0.338 e. The summed E-state index contributed by atoms with van der Waals surface area (Å²) in [6.07, 6.45) is 0.182. The van der Waals surface area contributed by atoms with Crippen LogP contribution in [0, 0.1) is 5.92 Å². The van der Waals surface area contributed by atoms with Gasteiger partial charge >= 0.3 is 5.97 Å². The lowest BCUT2D eigenvalue weighted by Crippen LogP contribution is -2.38. The third kappa shape index (κ3) is 5.97. The van der Waals surface area contributed by atoms with Crippen LogP contribution in [0.4, 0.5) is 0 Å². The van der Waals surface area contributed by atoms with Gasteiger partial charge in [0.05, 0.1) is 23.7 Å². The molecule has 0 saturated carbocycles. The summed E-state index contributed by atoms with van der Waals surface area (Å²) in [6, 6.07) is 16.5. The van der Waals surface area contributed by atoms with Crippen molar-refractivity contribution >= 4 is 40.4 Å². The quantitative estimate of drug-likeness (QED) is 0.454. The molecule has 2 aromatic rings. The number of ether oxygens (including phenoxy) is 1. The van der Waals surface area contributed by atoms with E-state index in [1.54, 1.807) is 6.07 Å². The molecule has 0 bridgehead atoms. The number of nitrogens with one attached hydrogen (secondary N) is 1. The molecule has 4 rings (SSSR count). The first-order valence-corrected chi connectivity index (χ1v) is 12.8. The molecule has 0 aliphatic carbocycles. The lowest BCUT2D eigenvalue weighted by Gasteiger charge is -2.36. The van der Waals surface area contributed by atoms with Crippen LogP contribution in [0.15, 0.2) is 82.0 Å². The molecule has 0 radical (unpaired) electrons. The molecule has 1 N–H and O–H groups in total. The monoisotopic (exact) mass is 509 g/mol. The van der Waals surface area contributed by atoms with E-state index in [-0.39, 0.29) is 18.9 Å². The molecule has 2 aromatic carbocycles. The number of benzene rings is 2. The Hall–Kier alpha value is -3.03. The van der Waals surface area contributed by atoms with Crippen molar-refractivity contribution in [2.75, 3.05) is 6.54 Å². The number of halogens is 1. The highest BCUT2D eigenvalue weighted by Gasteiger charge is 2.41. The van der Waals surface area contributed by atoms with Crippen molar-refractivity contribution in [2.24, 2.45) is 10.9 Å². The Morgan fingerprint density at radius 2 is 1.94 bits per heavy atom. The molecule has 0 spiro atoms. The summed E-state index contributed by atoms with van der Waals surface area (Å²) < 4.78 is 5.72. The van der Waals surface area contributed by atoms with Gasteiger partial charge < -0.3 is 15.0 Å². The predicted molar refractivity (Wildman–Crippen MR) is 141 cm³/mol. The largest absolute Gasteiger partial charge is 0.457 e. The number of fused-ring (bicyclic) bond motifs is 1. The Balaban J connectivity index is 1.65. The second-order valence-corrected chi connectivity index (χ2v) is 10.2. The number of nitrogens with zero attached hydrogens (tertiary/aromatic N) is 2. The fraction of sp³-hybridized carbons (Fsp3) is 0.296. The maximum absolute atomic E-state index is 13.4. The van der Waals surface area contributed by atoms with Gasteiger partial charge in [-0.1, -0.05) is 79.7 Å². The predicted octanol–water partition coefficient (Wildman–Crippen LogP) is 5.82. The number of aliphatic imine (C=N–C) groups is 1. The number of carbonyl (C=O) groups is 2. The fourth-order valence-corrected chi connectivity index (χ4v) is 5.13. The van der Waals surface area contributed by atoms with Crippen molar-refractivity contribution < 1.29 is 14.3 Å². The Bertz CT molecular complexity index is 1210. The van der Waals surface area contributed by atoms with E-state index < -0.39 is 12.0 Å². The minimum Gasteiger partial charge on any atom is -0.457 e. The van der Waals surface area contributed by atoms with E-state index in [0.29, 0.717) is 28.8 Å². The highest BCUT2D eigenvalue weighted by Crippen LogP contribution is 2.45. The third-order valence-electron chi connectivity index (χ3n) is 5.65. The summed E-state index contributed by atoms with van der Waals surface area (Å²) in [7, 11) is 0. The first-order chi connectivity index (χ1) is 16.8. The van der Waals surface area contributed by atoms with Gasteiger partial charge in [0.25, 0.3) is 0 Å². The van der Waals surface area contributed by atoms with Crippen LogP contribution in [0.1, 0.15) is 44.4 Å². The summed E-state index contributed by atoms with van der Waals surface area (Å²) in [5.74, 6) is -0.162. The lowest BCUT2D eigenvalue weighted by atomic mass is 9.94. The zero-order chi connectivity index (χ0) is 24.9. The summed E-state index contributed by atoms with van der Waals surface area (Å²) in [6.45, 7) is 6.68. The zero-order valence-electron chi connectivity index (χ0n) is 20.0. The lowest BCUT2D eigenvalue weighted by molar-refractivity contribution is -0.141. The molecule has 0 aromatic heterocycles. The number of hydrogen-bond donors (Lipinski definition) is 1. The minimum atomic E-state index is -0.511. The fourth-order valence-electron chi connectivity index (χ4n) is 3.97. The smallest absolute Gasteiger partial charge is 0.338 e. The van der Waals surface area contributed by atoms with Crippen LogP contribution in [0.2, 0.25) is 5.02 Å². The van der Waals surface area contributed by atoms with Gasteiger partial charge in [-0.15, -0.1) is 0 Å². The van der Waals surface area contributed by atoms with Crippen LogP contribution in [0.5, 0.6) is 0 Å². The number of rotatable bonds is 8. The summed E-state index contributed by atoms with van der Waals surface area (Å²) >= 11 is 7.78. The second-order valence-electron chi connectivity index (χ2n) is 8.88. The van der Waals surface area contributed by atoms with E-state index in [1.807, 2.05) is 65.8 Å². The molecule has 2 aliphatic rings. The minimum absolute atomic E-state index is 0.0730. The molecule has 2 aliphatic heterocycles. The SMILES string of the molecule is CC1=C(C(=O)OCc2ccccc2)C(c2cccc(Cl)c2)N2C(CC(=O)NCC(C)C)=CSC2=N1. The number of allylic oxidation sites excluding steroid dienone is 1. The van der Waals surface area contributed by atoms with Gasteiger partial charge in [0.1, 0.15) is 6.61 Å². The standard InChI is InChI=1S/C27H28ClN3O3S/c1-17(2)14-29-23(32)13-22-16-35-27-30-18(3)24(26(33)34-15-19-8-5-4-6-9-19)25(31(22)27)20-10-7-11-21(28)12-20/h4-12,16-17,25H,13-15H2,1-3H3,(H,29,32). The summed E-state index contributed by atoms with van der Waals surface area (Å²) in [5.41, 5.74) is 3.53. The highest BCUT2D eigenvalue weighted by molar-refractivity contribution is 8.16. The van der Waals surface area contributed by atoms with Crippen molar-refractivity contribution in [1.29, 1.82) is 0 Å². The van der Waals surface area contributed by atoms with Crippen LogP contribution in [-0.2, 0) is 20.9 Å². The van der Waals surface area contributed by atoms with E-state index in [9.17, 15) is 9.59 Å². The van der Waals surface area contributed by atoms with Crippen molar-refractivity contribution in [3.63, 3.8) is 0 Å². The molecule has 1 unspecified atom stereocenters. The van der Waals surface area contributed by atoms with Crippen LogP contribution < -0.4 is 5.32 Å². The van der Waals surface area contributed by atoms with E-state index in [2.05, 4.69) is 19.2 Å². The van der Waals surface area contributed by atoms with Gasteiger partial charge in [-0.05, 0) is 41.5 Å². The van der Waals surface area contributed by atoms with Crippen LogP contribution in [-0.4, -0.2) is 28.5 Å². The number of amidine groups is 1. The van der Waals surface area contributed by atoms with Gasteiger partial charge in [0.15, 0.2) is 5.17 Å². The normalized spacial score (nSPS) is 17.2. The Labute approximate surface area is 215 Å². The summed E-state index contributed by atoms with van der Waals surface area (Å²) in [4.78, 5) is 32.7. The Morgan fingerprint density at radius 1 is 1.17 bits per heavy atom. The van der Waals surface area contributed by atoms with Crippen LogP contribution in [0.3, 0.4) is 0 Å². The topological polar surface area (TPSA) is 71.0 Å². The van der Waals surface area contributed by atoms with Gasteiger partial charge in [-0.25, -0.2) is 9.79 Å². The molecular formula is C27H28ClN3O3S. The average molecular weight is 510 g/mol.